The van der Waals surface area contributed by atoms with Crippen LogP contribution in [0.1, 0.15) is 33.3 Å². The van der Waals surface area contributed by atoms with Gasteiger partial charge >= 0.3 is 24.2 Å². The van der Waals surface area contributed by atoms with Crippen molar-refractivity contribution in [2.75, 3.05) is 19.2 Å². The van der Waals surface area contributed by atoms with Crippen molar-refractivity contribution in [3.63, 3.8) is 0 Å². The first-order chi connectivity index (χ1) is 18.7. The summed E-state index contributed by atoms with van der Waals surface area (Å²) < 4.78 is 34.0. The van der Waals surface area contributed by atoms with E-state index in [-0.39, 0.29) is 18.2 Å². The van der Waals surface area contributed by atoms with Crippen LogP contribution in [0.5, 0.6) is 0 Å². The molecule has 1 aromatic carbocycles. The number of nitrogens with zero attached hydrogens (tertiary/aromatic N) is 1. The lowest BCUT2D eigenvalue weighted by atomic mass is 9.79. The van der Waals surface area contributed by atoms with Crippen molar-refractivity contribution in [3.8, 4) is 0 Å². The van der Waals surface area contributed by atoms with Crippen molar-refractivity contribution in [1.82, 2.24) is 4.90 Å². The van der Waals surface area contributed by atoms with E-state index in [4.69, 9.17) is 18.9 Å². The molecule has 15 heteroatoms. The van der Waals surface area contributed by atoms with Gasteiger partial charge in [0.2, 0.25) is 0 Å². The van der Waals surface area contributed by atoms with Gasteiger partial charge in [-0.2, -0.15) is 0 Å². The number of halogens is 2. The number of hydrogen-bond acceptors (Lipinski definition) is 11. The lowest BCUT2D eigenvalue weighted by Crippen LogP contribution is -2.63. The summed E-state index contributed by atoms with van der Waals surface area (Å²) in [6, 6.07) is 4.34. The number of aliphatic hydroxyl groups excluding tert-OH is 1. The fourth-order valence-electron chi connectivity index (χ4n) is 5.39. The maximum atomic E-state index is 13.8. The van der Waals surface area contributed by atoms with Crippen LogP contribution in [0.15, 0.2) is 23.1 Å². The lowest BCUT2D eigenvalue weighted by molar-refractivity contribution is -0.174. The highest BCUT2D eigenvalue weighted by Crippen LogP contribution is 2.67. The second-order valence-corrected chi connectivity index (χ2v) is 11.4. The summed E-state index contributed by atoms with van der Waals surface area (Å²) in [7, 11) is 0. The van der Waals surface area contributed by atoms with Gasteiger partial charge in [0, 0.05) is 28.4 Å². The molecule has 230 valence electrons. The molecule has 2 saturated carbocycles. The molecular weight excluding hydrogens is 589 g/mol. The van der Waals surface area contributed by atoms with Gasteiger partial charge in [0.05, 0.1) is 24.2 Å². The number of carboxylic acid groups (broad SMARTS) is 2. The van der Waals surface area contributed by atoms with Gasteiger partial charge in [-0.25, -0.2) is 18.9 Å². The minimum atomic E-state index is -2.13. The maximum absolute atomic E-state index is 13.8. The standard InChI is InChI=1S/C26H34FNO11S.ClH/c1-12(2)38-24(34)36-10-28(11-37-25(35)39-13(3)4)26(23(32)33)16(21(29)18-19(20(18)26)22(30)31)9-40-15-6-7-17(27)14(5)8-15;/h6-8,12-13,16,18-21,29H,9-11H2,1-5H3,(H,30,31)(H,32,33);1H/t16-,18+,19+,20+,21-,26+;/m1./s1. The third-order valence-corrected chi connectivity index (χ3v) is 8.12. The average molecular weight is 624 g/mol. The summed E-state index contributed by atoms with van der Waals surface area (Å²) in [5.74, 6) is -7.56. The summed E-state index contributed by atoms with van der Waals surface area (Å²) in [5, 5.41) is 31.7. The molecule has 3 rings (SSSR count). The second-order valence-electron chi connectivity index (χ2n) is 10.3. The molecule has 2 aliphatic rings. The molecule has 0 aliphatic heterocycles. The number of carboxylic acids is 2. The number of carbonyl (C=O) groups is 4. The van der Waals surface area contributed by atoms with Gasteiger partial charge < -0.3 is 34.3 Å². The number of aryl methyl sites for hydroxylation is 1. The molecule has 0 heterocycles. The van der Waals surface area contributed by atoms with E-state index in [9.17, 15) is 38.9 Å². The van der Waals surface area contributed by atoms with Crippen molar-refractivity contribution in [2.45, 2.75) is 63.4 Å². The van der Waals surface area contributed by atoms with Crippen LogP contribution in [-0.2, 0) is 28.5 Å². The van der Waals surface area contributed by atoms with Crippen LogP contribution in [0.2, 0.25) is 0 Å². The molecule has 0 unspecified atom stereocenters. The van der Waals surface area contributed by atoms with E-state index < -0.39 is 91.1 Å². The number of aliphatic carboxylic acids is 2. The number of rotatable bonds is 12. The highest BCUT2D eigenvalue weighted by Gasteiger charge is 2.80. The predicted octanol–water partition coefficient (Wildman–Crippen LogP) is 3.75. The van der Waals surface area contributed by atoms with E-state index in [1.807, 2.05) is 0 Å². The molecule has 2 fully saturated rings. The number of ether oxygens (including phenoxy) is 4. The first-order valence-corrected chi connectivity index (χ1v) is 13.6. The molecule has 1 aromatic rings. The first kappa shape index (κ1) is 34.4. The normalized spacial score (nSPS) is 26.2. The summed E-state index contributed by atoms with van der Waals surface area (Å²) in [6.07, 6.45) is -4.72. The van der Waals surface area contributed by atoms with E-state index in [1.165, 1.54) is 12.1 Å². The summed E-state index contributed by atoms with van der Waals surface area (Å²) in [5.41, 5.74) is -1.77. The predicted molar refractivity (Wildman–Crippen MR) is 144 cm³/mol. The molecule has 0 aromatic heterocycles. The Morgan fingerprint density at radius 1 is 1.02 bits per heavy atom. The minimum absolute atomic E-state index is 0. The molecule has 0 spiro atoms. The van der Waals surface area contributed by atoms with Gasteiger partial charge in [0.25, 0.3) is 0 Å². The van der Waals surface area contributed by atoms with E-state index in [0.717, 1.165) is 16.7 Å². The molecule has 3 N–H and O–H groups in total. The highest BCUT2D eigenvalue weighted by atomic mass is 35.5. The fraction of sp³-hybridized carbons (Fsp3) is 0.615. The molecule has 0 amide bonds. The fourth-order valence-corrected chi connectivity index (χ4v) is 6.63. The van der Waals surface area contributed by atoms with Crippen molar-refractivity contribution in [1.29, 1.82) is 0 Å². The molecule has 2 aliphatic carbocycles. The SMILES string of the molecule is Cc1cc(SC[C@@H]2[C@@H](O)[C@H]3[C@H](C(=O)O)[C@H]3[C@@]2(C(=O)O)N(COC(=O)OC(C)C)COC(=O)OC(C)C)ccc1F.Cl. The van der Waals surface area contributed by atoms with Crippen LogP contribution in [-0.4, -0.2) is 87.5 Å². The topological polar surface area (TPSA) is 169 Å². The monoisotopic (exact) mass is 623 g/mol. The Balaban J connectivity index is 0.00000588. The quantitative estimate of drug-likeness (QED) is 0.175. The Labute approximate surface area is 246 Å². The summed E-state index contributed by atoms with van der Waals surface area (Å²) in [4.78, 5) is 51.1. The number of hydrogen-bond donors (Lipinski definition) is 3. The van der Waals surface area contributed by atoms with Gasteiger partial charge in [-0.1, -0.05) is 0 Å². The third kappa shape index (κ3) is 7.34. The largest absolute Gasteiger partial charge is 0.509 e. The van der Waals surface area contributed by atoms with Crippen molar-refractivity contribution < 1.29 is 57.8 Å². The van der Waals surface area contributed by atoms with Crippen LogP contribution < -0.4 is 0 Å². The second kappa shape index (κ2) is 13.9. The zero-order chi connectivity index (χ0) is 29.9. The van der Waals surface area contributed by atoms with E-state index >= 15 is 0 Å². The number of aliphatic hydroxyl groups is 1. The number of thioether (sulfide) groups is 1. The van der Waals surface area contributed by atoms with Crippen molar-refractivity contribution in [2.24, 2.45) is 23.7 Å². The minimum Gasteiger partial charge on any atom is -0.481 e. The molecule has 12 nitrogen and oxygen atoms in total. The molecule has 0 saturated heterocycles. The van der Waals surface area contributed by atoms with Gasteiger partial charge in [-0.3, -0.25) is 9.59 Å². The molecular formula is C26H35ClFNO11S. The summed E-state index contributed by atoms with van der Waals surface area (Å²) >= 11 is 1.15. The third-order valence-electron chi connectivity index (χ3n) is 7.01. The Kier molecular flexibility index (Phi) is 11.7. The maximum Gasteiger partial charge on any atom is 0.509 e. The van der Waals surface area contributed by atoms with Crippen LogP contribution in [0, 0.1) is 36.4 Å². The average Bonchev–Trinajstić information content (AvgIpc) is 3.53. The van der Waals surface area contributed by atoms with Crippen LogP contribution in [0.25, 0.3) is 0 Å². The molecule has 41 heavy (non-hydrogen) atoms. The van der Waals surface area contributed by atoms with Crippen LogP contribution in [0.3, 0.4) is 0 Å². The molecule has 0 bridgehead atoms. The summed E-state index contributed by atoms with van der Waals surface area (Å²) in [6.45, 7) is 6.36. The van der Waals surface area contributed by atoms with E-state index in [2.05, 4.69) is 0 Å². The van der Waals surface area contributed by atoms with E-state index in [0.29, 0.717) is 10.5 Å². The Morgan fingerprint density at radius 2 is 1.56 bits per heavy atom. The van der Waals surface area contributed by atoms with E-state index in [1.54, 1.807) is 40.7 Å². The van der Waals surface area contributed by atoms with Gasteiger partial charge in [0.15, 0.2) is 13.5 Å². The Morgan fingerprint density at radius 3 is 2.00 bits per heavy atom. The smallest absolute Gasteiger partial charge is 0.481 e. The van der Waals surface area contributed by atoms with Crippen molar-refractivity contribution >= 4 is 48.4 Å². The number of fused-ring (bicyclic) bond motifs is 1. The molecule has 0 radical (unpaired) electrons. The van der Waals surface area contributed by atoms with Gasteiger partial charge in [-0.15, -0.1) is 24.2 Å². The zero-order valence-corrected chi connectivity index (χ0v) is 24.8. The van der Waals surface area contributed by atoms with Crippen molar-refractivity contribution in [3.05, 3.63) is 29.6 Å². The highest BCUT2D eigenvalue weighted by molar-refractivity contribution is 7.99. The zero-order valence-electron chi connectivity index (χ0n) is 23.1. The van der Waals surface area contributed by atoms with Gasteiger partial charge in [0.1, 0.15) is 11.4 Å². The Bertz CT molecular complexity index is 1110. The Hall–Kier alpha value is -2.81. The number of benzene rings is 1. The lowest BCUT2D eigenvalue weighted by Gasteiger charge is -2.43. The van der Waals surface area contributed by atoms with Gasteiger partial charge in [-0.05, 0) is 58.4 Å². The molecule has 6 atom stereocenters. The van der Waals surface area contributed by atoms with Crippen LogP contribution >= 0.6 is 24.2 Å². The van der Waals surface area contributed by atoms with Crippen LogP contribution in [0.4, 0.5) is 14.0 Å². The first-order valence-electron chi connectivity index (χ1n) is 12.7. The number of carbonyl (C=O) groups excluding carboxylic acids is 2.